The first kappa shape index (κ1) is 52.1. The lowest BCUT2D eigenvalue weighted by Crippen LogP contribution is -2.54. The number of ether oxygens (including phenoxy) is 2. The first-order valence-electron chi connectivity index (χ1n) is 27.9. The number of piperazine rings is 1. The van der Waals surface area contributed by atoms with Crippen molar-refractivity contribution in [1.29, 1.82) is 0 Å². The van der Waals surface area contributed by atoms with Gasteiger partial charge in [0.15, 0.2) is 17.4 Å². The quantitative estimate of drug-likeness (QED) is 0.0773. The van der Waals surface area contributed by atoms with Crippen LogP contribution in [0.25, 0.3) is 11.3 Å². The number of phenolic OH excluding ortho intramolecular Hbond substituents is 1. The molecule has 18 heteroatoms. The number of phenols is 1. The fourth-order valence-electron chi connectivity index (χ4n) is 12.8. The molecular formula is C59H73N11O7. The molecule has 2 aromatic carbocycles. The summed E-state index contributed by atoms with van der Waals surface area (Å²) in [5.41, 5.74) is 11.3. The standard InChI is InChI=1S/C59H73N11O7/c1-5-38-10-12-40(13-11-38)37(4)62-58(73)51-27-44(71)35-69(51)59(74)56(36(2)3)53-31-54(65-77-53)67-24-17-39(18-25-67)32-66-22-19-45(20-23-66)75-46-28-47(29-46)76-55-26-41(16-21-61-55)70-42-14-15-43(70)34-68(33-42)50-30-49(63-64-57(50)60)48-8-6-7-9-52(48)72/h1,6-13,16,21,26,30-31,36-37,39,42-47,51,56,71-72H,14-15,17-20,22-25,27-29,32-35H2,2-4H3,(H2,60,64)(H,62,73)/t37-,42?,43?,44+,46?,47?,51-,56+/m0/s1. The van der Waals surface area contributed by atoms with E-state index in [9.17, 15) is 19.8 Å². The van der Waals surface area contributed by atoms with Crippen molar-refractivity contribution in [3.8, 4) is 35.2 Å². The van der Waals surface area contributed by atoms with Gasteiger partial charge in [-0.25, -0.2) is 4.98 Å². The molecule has 3 aromatic heterocycles. The molecule has 6 aliphatic rings. The van der Waals surface area contributed by atoms with Gasteiger partial charge in [-0.1, -0.05) is 49.2 Å². The maximum absolute atomic E-state index is 14.3. The van der Waals surface area contributed by atoms with Gasteiger partial charge in [0.2, 0.25) is 17.7 Å². The van der Waals surface area contributed by atoms with Crippen molar-refractivity contribution in [3.05, 3.63) is 95.9 Å². The molecule has 1 aliphatic carbocycles. The van der Waals surface area contributed by atoms with Gasteiger partial charge >= 0.3 is 0 Å². The molecule has 2 unspecified atom stereocenters. The van der Waals surface area contributed by atoms with E-state index >= 15 is 0 Å². The fraction of sp³-hybridized carbons (Fsp3) is 0.525. The first-order chi connectivity index (χ1) is 37.3. The van der Waals surface area contributed by atoms with Gasteiger partial charge in [0, 0.05) is 119 Å². The van der Waals surface area contributed by atoms with Crippen molar-refractivity contribution in [1.82, 2.24) is 35.5 Å². The maximum Gasteiger partial charge on any atom is 0.243 e. The minimum atomic E-state index is -0.805. The smallest absolute Gasteiger partial charge is 0.243 e. The number of aromatic nitrogens is 4. The molecule has 2 bridgehead atoms. The minimum Gasteiger partial charge on any atom is -0.507 e. The lowest BCUT2D eigenvalue weighted by atomic mass is 9.91. The highest BCUT2D eigenvalue weighted by atomic mass is 16.5. The fourth-order valence-corrected chi connectivity index (χ4v) is 12.8. The molecule has 1 saturated carbocycles. The predicted molar refractivity (Wildman–Crippen MR) is 293 cm³/mol. The molecule has 0 spiro atoms. The number of nitrogens with one attached hydrogen (secondary N) is 1. The molecule has 6 atom stereocenters. The summed E-state index contributed by atoms with van der Waals surface area (Å²) in [6.45, 7) is 12.4. The molecule has 5 N–H and O–H groups in total. The van der Waals surface area contributed by atoms with E-state index in [0.29, 0.717) is 46.7 Å². The number of carbonyl (C=O) groups excluding carboxylic acids is 2. The van der Waals surface area contributed by atoms with E-state index in [0.717, 1.165) is 125 Å². The molecule has 5 aliphatic heterocycles. The van der Waals surface area contributed by atoms with Crippen molar-refractivity contribution in [2.24, 2.45) is 11.8 Å². The van der Waals surface area contributed by atoms with Gasteiger partial charge < -0.3 is 59.8 Å². The highest BCUT2D eigenvalue weighted by Crippen LogP contribution is 2.41. The number of nitrogens with two attached hydrogens (primary N) is 1. The van der Waals surface area contributed by atoms with E-state index < -0.39 is 18.1 Å². The molecule has 5 saturated heterocycles. The molecule has 406 valence electrons. The van der Waals surface area contributed by atoms with E-state index in [4.69, 9.17) is 26.2 Å². The van der Waals surface area contributed by atoms with Crippen LogP contribution in [0.15, 0.2) is 83.5 Å². The number of benzene rings is 2. The Bertz CT molecular complexity index is 2890. The number of fused-ring (bicyclic) bond motifs is 2. The van der Waals surface area contributed by atoms with Crippen molar-refractivity contribution in [3.63, 3.8) is 0 Å². The van der Waals surface area contributed by atoms with Crippen LogP contribution in [-0.2, 0) is 14.3 Å². The molecule has 6 fully saturated rings. The van der Waals surface area contributed by atoms with E-state index in [-0.39, 0.29) is 60.8 Å². The number of terminal acetylenes is 1. The second kappa shape index (κ2) is 22.6. The van der Waals surface area contributed by atoms with E-state index in [2.05, 4.69) is 63.3 Å². The normalized spacial score (nSPS) is 24.9. The number of pyridine rings is 1. The van der Waals surface area contributed by atoms with Gasteiger partial charge in [0.05, 0.1) is 35.7 Å². The topological polar surface area (TPSA) is 212 Å². The Labute approximate surface area is 451 Å². The average molecular weight is 1050 g/mol. The van der Waals surface area contributed by atoms with Gasteiger partial charge in [0.25, 0.3) is 0 Å². The number of nitrogen functional groups attached to an aromatic ring is 1. The Morgan fingerprint density at radius 1 is 0.857 bits per heavy atom. The zero-order chi connectivity index (χ0) is 53.3. The number of anilines is 4. The van der Waals surface area contributed by atoms with Crippen molar-refractivity contribution < 1.29 is 33.8 Å². The third-order valence-electron chi connectivity index (χ3n) is 17.1. The third kappa shape index (κ3) is 11.4. The van der Waals surface area contributed by atoms with Gasteiger partial charge in [0.1, 0.15) is 23.8 Å². The molecular weight excluding hydrogens is 975 g/mol. The first-order valence-corrected chi connectivity index (χ1v) is 27.9. The number of hydrogen-bond acceptors (Lipinski definition) is 16. The average Bonchev–Trinajstić information content (AvgIpc) is 4.24. The molecule has 5 aromatic rings. The Morgan fingerprint density at radius 2 is 1.60 bits per heavy atom. The van der Waals surface area contributed by atoms with Crippen LogP contribution in [0.3, 0.4) is 0 Å². The Morgan fingerprint density at radius 3 is 2.31 bits per heavy atom. The van der Waals surface area contributed by atoms with E-state index in [1.807, 2.05) is 75.5 Å². The summed E-state index contributed by atoms with van der Waals surface area (Å²) in [4.78, 5) is 43.8. The summed E-state index contributed by atoms with van der Waals surface area (Å²) in [6.07, 6.45) is 15.3. The second-order valence-corrected chi connectivity index (χ2v) is 22.7. The van der Waals surface area contributed by atoms with Crippen LogP contribution in [-0.4, -0.2) is 147 Å². The Hall–Kier alpha value is -6.94. The highest BCUT2D eigenvalue weighted by Gasteiger charge is 2.45. The summed E-state index contributed by atoms with van der Waals surface area (Å²) >= 11 is 0. The van der Waals surface area contributed by atoms with E-state index in [1.54, 1.807) is 12.1 Å². The Balaban J connectivity index is 0.600. The van der Waals surface area contributed by atoms with Crippen LogP contribution >= 0.6 is 0 Å². The number of β-amino-alcohol motifs (C(OH)–C–C–N with tert-alkyl or cyclic N) is 1. The van der Waals surface area contributed by atoms with Crippen LogP contribution < -0.4 is 30.5 Å². The van der Waals surface area contributed by atoms with Gasteiger partial charge in [-0.15, -0.1) is 16.6 Å². The lowest BCUT2D eigenvalue weighted by molar-refractivity contribution is -0.141. The molecule has 8 heterocycles. The Kier molecular flexibility index (Phi) is 15.3. The number of nitrogens with zero attached hydrogens (tertiary/aromatic N) is 9. The number of amides is 2. The number of carbonyl (C=O) groups is 2. The van der Waals surface area contributed by atoms with E-state index in [1.165, 1.54) is 4.90 Å². The van der Waals surface area contributed by atoms with Crippen LogP contribution in [0, 0.1) is 24.2 Å². The number of hydrogen-bond donors (Lipinski definition) is 4. The lowest BCUT2D eigenvalue weighted by Gasteiger charge is -2.43. The molecule has 77 heavy (non-hydrogen) atoms. The molecule has 11 rings (SSSR count). The van der Waals surface area contributed by atoms with Gasteiger partial charge in [-0.3, -0.25) is 9.59 Å². The maximum atomic E-state index is 14.3. The van der Waals surface area contributed by atoms with Crippen molar-refractivity contribution in [2.45, 2.75) is 133 Å². The number of para-hydroxylation sites is 1. The zero-order valence-electron chi connectivity index (χ0n) is 44.5. The van der Waals surface area contributed by atoms with Crippen LogP contribution in [0.4, 0.5) is 23.0 Å². The van der Waals surface area contributed by atoms with Crippen molar-refractivity contribution in [2.75, 3.05) is 72.8 Å². The summed E-state index contributed by atoms with van der Waals surface area (Å²) in [5, 5.41) is 37.2. The molecule has 2 amide bonds. The number of aliphatic hydroxyl groups is 1. The second-order valence-electron chi connectivity index (χ2n) is 22.7. The zero-order valence-corrected chi connectivity index (χ0v) is 44.5. The van der Waals surface area contributed by atoms with Crippen LogP contribution in [0.2, 0.25) is 0 Å². The number of rotatable bonds is 16. The monoisotopic (exact) mass is 1050 g/mol. The number of likely N-dealkylation sites (tertiary alicyclic amines) is 2. The summed E-state index contributed by atoms with van der Waals surface area (Å²) < 4.78 is 19.0. The summed E-state index contributed by atoms with van der Waals surface area (Å²) in [5.74, 6) is 4.28. The van der Waals surface area contributed by atoms with Crippen molar-refractivity contribution >= 4 is 34.8 Å². The largest absolute Gasteiger partial charge is 0.507 e. The number of aromatic hydroxyl groups is 1. The SMILES string of the molecule is C#Cc1ccc([C@H](C)NC(=O)[C@@H]2C[C@@H](O)CN2C(=O)[C@@H](c2cc(N3CCC(CN4CCC(OC5CC(Oc6cc(N7C8CCC7CN(c7cc(-c9ccccc9O)nnc7N)C8)ccn6)C5)CC4)CC3)no2)C(C)C)cc1. The number of aliphatic hydroxyl groups excluding tert-OH is 1. The number of piperidine rings is 2. The third-order valence-corrected chi connectivity index (χ3v) is 17.1. The van der Waals surface area contributed by atoms with Gasteiger partial charge in [-0.05, 0) is 99.2 Å². The van der Waals surface area contributed by atoms with Crippen LogP contribution in [0.5, 0.6) is 11.6 Å². The summed E-state index contributed by atoms with van der Waals surface area (Å²) in [6, 6.07) is 22.1. The van der Waals surface area contributed by atoms with Crippen LogP contribution in [0.1, 0.15) is 107 Å². The highest BCUT2D eigenvalue weighted by molar-refractivity contribution is 5.91. The summed E-state index contributed by atoms with van der Waals surface area (Å²) in [7, 11) is 0. The van der Waals surface area contributed by atoms with Gasteiger partial charge in [-0.2, -0.15) is 0 Å². The predicted octanol–water partition coefficient (Wildman–Crippen LogP) is 6.54. The molecule has 0 radical (unpaired) electrons. The molecule has 18 nitrogen and oxygen atoms in total. The minimum absolute atomic E-state index is 0.0785.